The van der Waals surface area contributed by atoms with Gasteiger partial charge in [0.1, 0.15) is 5.75 Å². The van der Waals surface area contributed by atoms with Gasteiger partial charge in [0.25, 0.3) is 0 Å². The van der Waals surface area contributed by atoms with Gasteiger partial charge in [-0.15, -0.1) is 0 Å². The summed E-state index contributed by atoms with van der Waals surface area (Å²) in [5.41, 5.74) is 6.63. The van der Waals surface area contributed by atoms with Crippen molar-refractivity contribution >= 4 is 0 Å². The number of hydrogen-bond donors (Lipinski definition) is 1. The zero-order chi connectivity index (χ0) is 14.8. The van der Waals surface area contributed by atoms with Gasteiger partial charge in [-0.25, -0.2) is 0 Å². The van der Waals surface area contributed by atoms with Crippen molar-refractivity contribution in [1.29, 1.82) is 0 Å². The molecule has 0 spiro atoms. The molecule has 0 aromatic heterocycles. The zero-order valence-corrected chi connectivity index (χ0v) is 13.1. The predicted molar refractivity (Wildman–Crippen MR) is 87.1 cm³/mol. The van der Waals surface area contributed by atoms with Crippen LogP contribution in [0.1, 0.15) is 40.8 Å². The molecule has 1 N–H and O–H groups in total. The maximum absolute atomic E-state index is 5.62. The van der Waals surface area contributed by atoms with Gasteiger partial charge in [-0.2, -0.15) is 0 Å². The predicted octanol–water partition coefficient (Wildman–Crippen LogP) is 3.94. The summed E-state index contributed by atoms with van der Waals surface area (Å²) < 4.78 is 5.62. The largest absolute Gasteiger partial charge is 0.493 e. The highest BCUT2D eigenvalue weighted by atomic mass is 16.5. The van der Waals surface area contributed by atoms with Crippen molar-refractivity contribution in [3.63, 3.8) is 0 Å². The molecule has 1 heterocycles. The smallest absolute Gasteiger partial charge is 0.122 e. The van der Waals surface area contributed by atoms with Crippen LogP contribution in [-0.4, -0.2) is 13.2 Å². The first-order chi connectivity index (χ1) is 10.2. The molecule has 0 saturated carbocycles. The summed E-state index contributed by atoms with van der Waals surface area (Å²) in [6.45, 7) is 8.25. The van der Waals surface area contributed by atoms with Gasteiger partial charge >= 0.3 is 0 Å². The molecule has 2 nitrogen and oxygen atoms in total. The van der Waals surface area contributed by atoms with E-state index in [1.54, 1.807) is 0 Å². The summed E-state index contributed by atoms with van der Waals surface area (Å²) in [4.78, 5) is 0. The number of nitrogens with one attached hydrogen (secondary N) is 1. The van der Waals surface area contributed by atoms with Gasteiger partial charge in [0.15, 0.2) is 0 Å². The fraction of sp³-hybridized carbons (Fsp3) is 0.368. The van der Waals surface area contributed by atoms with E-state index in [1.807, 2.05) is 0 Å². The summed E-state index contributed by atoms with van der Waals surface area (Å²) in [7, 11) is 0. The molecule has 1 unspecified atom stereocenters. The van der Waals surface area contributed by atoms with Gasteiger partial charge in [-0.05, 0) is 43.1 Å². The topological polar surface area (TPSA) is 21.3 Å². The number of hydrogen-bond acceptors (Lipinski definition) is 2. The molecule has 0 fully saturated rings. The monoisotopic (exact) mass is 281 g/mol. The number of rotatable bonds is 4. The summed E-state index contributed by atoms with van der Waals surface area (Å²) in [5.74, 6) is 1.05. The minimum absolute atomic E-state index is 0.250. The first-order valence-corrected chi connectivity index (χ1v) is 7.74. The molecule has 2 heteroatoms. The molecule has 0 saturated heterocycles. The molecule has 2 aromatic carbocycles. The van der Waals surface area contributed by atoms with Crippen LogP contribution in [0.2, 0.25) is 0 Å². The Hall–Kier alpha value is -1.80. The molecule has 2 aromatic rings. The van der Waals surface area contributed by atoms with Gasteiger partial charge in [0.05, 0.1) is 12.6 Å². The molecule has 1 atom stereocenters. The lowest BCUT2D eigenvalue weighted by molar-refractivity contribution is 0.357. The number of benzene rings is 2. The lowest BCUT2D eigenvalue weighted by atomic mass is 9.94. The number of fused-ring (bicyclic) bond motifs is 1. The van der Waals surface area contributed by atoms with Crippen LogP contribution < -0.4 is 10.1 Å². The van der Waals surface area contributed by atoms with Crippen LogP contribution in [0, 0.1) is 13.8 Å². The van der Waals surface area contributed by atoms with E-state index in [-0.39, 0.29) is 6.04 Å². The average molecular weight is 281 g/mol. The van der Waals surface area contributed by atoms with Crippen LogP contribution in [-0.2, 0) is 6.42 Å². The third-order valence-corrected chi connectivity index (χ3v) is 4.03. The molecule has 110 valence electrons. The fourth-order valence-electron chi connectivity index (χ4n) is 3.19. The van der Waals surface area contributed by atoms with E-state index in [0.717, 1.165) is 25.3 Å². The summed E-state index contributed by atoms with van der Waals surface area (Å²) >= 11 is 0. The van der Waals surface area contributed by atoms with Gasteiger partial charge in [-0.3, -0.25) is 0 Å². The second kappa shape index (κ2) is 5.90. The van der Waals surface area contributed by atoms with Gasteiger partial charge in [0.2, 0.25) is 0 Å². The van der Waals surface area contributed by atoms with Crippen molar-refractivity contribution in [2.75, 3.05) is 13.2 Å². The van der Waals surface area contributed by atoms with Crippen LogP contribution in [0.4, 0.5) is 0 Å². The molecule has 1 aliphatic rings. The standard InChI is InChI=1S/C19H23NO/c1-4-20-19(17-10-13(2)9-14(3)11-17)16-5-6-18-15(12-16)7-8-21-18/h5-6,9-12,19-20H,4,7-8H2,1-3H3. The second-order valence-electron chi connectivity index (χ2n) is 5.88. The first-order valence-electron chi connectivity index (χ1n) is 7.74. The highest BCUT2D eigenvalue weighted by Crippen LogP contribution is 2.31. The first kappa shape index (κ1) is 14.2. The Bertz CT molecular complexity index is 628. The van der Waals surface area contributed by atoms with Gasteiger partial charge in [-0.1, -0.05) is 48.4 Å². The minimum atomic E-state index is 0.250. The second-order valence-corrected chi connectivity index (χ2v) is 5.88. The average Bonchev–Trinajstić information content (AvgIpc) is 2.91. The minimum Gasteiger partial charge on any atom is -0.493 e. The van der Waals surface area contributed by atoms with E-state index in [0.29, 0.717) is 0 Å². The van der Waals surface area contributed by atoms with Crippen molar-refractivity contribution in [1.82, 2.24) is 5.32 Å². The maximum Gasteiger partial charge on any atom is 0.122 e. The Morgan fingerprint density at radius 1 is 1.05 bits per heavy atom. The van der Waals surface area contributed by atoms with Crippen LogP contribution in [0.5, 0.6) is 5.75 Å². The molecule has 0 radical (unpaired) electrons. The summed E-state index contributed by atoms with van der Waals surface area (Å²) in [6.07, 6.45) is 1.02. The molecule has 0 aliphatic carbocycles. The van der Waals surface area contributed by atoms with Crippen LogP contribution >= 0.6 is 0 Å². The third kappa shape index (κ3) is 2.96. The van der Waals surface area contributed by atoms with E-state index in [4.69, 9.17) is 4.74 Å². The Balaban J connectivity index is 2.01. The van der Waals surface area contributed by atoms with E-state index < -0.39 is 0 Å². The highest BCUT2D eigenvalue weighted by molar-refractivity contribution is 5.44. The Kier molecular flexibility index (Phi) is 3.98. The summed E-state index contributed by atoms with van der Waals surface area (Å²) in [6, 6.07) is 13.6. The maximum atomic E-state index is 5.62. The van der Waals surface area contributed by atoms with Crippen molar-refractivity contribution in [2.45, 2.75) is 33.2 Å². The molecule has 3 rings (SSSR count). The lowest BCUT2D eigenvalue weighted by Gasteiger charge is -2.21. The molecular weight excluding hydrogens is 258 g/mol. The molecule has 1 aliphatic heterocycles. The Morgan fingerprint density at radius 2 is 1.81 bits per heavy atom. The SMILES string of the molecule is CCNC(c1cc(C)cc(C)c1)c1ccc2c(c1)CCO2. The normalized spacial score (nSPS) is 14.6. The molecular formula is C19H23NO. The van der Waals surface area contributed by atoms with E-state index in [1.165, 1.54) is 27.8 Å². The summed E-state index contributed by atoms with van der Waals surface area (Å²) in [5, 5.41) is 3.62. The molecule has 21 heavy (non-hydrogen) atoms. The van der Waals surface area contributed by atoms with E-state index in [9.17, 15) is 0 Å². The van der Waals surface area contributed by atoms with Crippen LogP contribution in [0.25, 0.3) is 0 Å². The third-order valence-electron chi connectivity index (χ3n) is 4.03. The Morgan fingerprint density at radius 3 is 2.52 bits per heavy atom. The quantitative estimate of drug-likeness (QED) is 0.916. The van der Waals surface area contributed by atoms with Crippen LogP contribution in [0.3, 0.4) is 0 Å². The van der Waals surface area contributed by atoms with Gasteiger partial charge in [0, 0.05) is 6.42 Å². The van der Waals surface area contributed by atoms with E-state index >= 15 is 0 Å². The van der Waals surface area contributed by atoms with Crippen LogP contribution in [0.15, 0.2) is 36.4 Å². The van der Waals surface area contributed by atoms with E-state index in [2.05, 4.69) is 62.5 Å². The van der Waals surface area contributed by atoms with Crippen molar-refractivity contribution in [3.05, 3.63) is 64.2 Å². The lowest BCUT2D eigenvalue weighted by Crippen LogP contribution is -2.22. The van der Waals surface area contributed by atoms with Crippen molar-refractivity contribution < 1.29 is 4.74 Å². The molecule has 0 bridgehead atoms. The fourth-order valence-corrected chi connectivity index (χ4v) is 3.19. The van der Waals surface area contributed by atoms with Crippen molar-refractivity contribution in [3.8, 4) is 5.75 Å². The zero-order valence-electron chi connectivity index (χ0n) is 13.1. The molecule has 0 amide bonds. The Labute approximate surface area is 127 Å². The van der Waals surface area contributed by atoms with Crippen molar-refractivity contribution in [2.24, 2.45) is 0 Å². The van der Waals surface area contributed by atoms with Gasteiger partial charge < -0.3 is 10.1 Å². The number of ether oxygens (including phenoxy) is 1. The highest BCUT2D eigenvalue weighted by Gasteiger charge is 2.18. The number of aryl methyl sites for hydroxylation is 2.